The molecule has 2 aliphatic heterocycles. The van der Waals surface area contributed by atoms with E-state index in [0.717, 1.165) is 12.0 Å². The van der Waals surface area contributed by atoms with Crippen LogP contribution in [0.1, 0.15) is 52.9 Å². The zero-order valence-corrected chi connectivity index (χ0v) is 12.0. The summed E-state index contributed by atoms with van der Waals surface area (Å²) in [7, 11) is 0. The van der Waals surface area contributed by atoms with E-state index in [9.17, 15) is 0 Å². The number of rotatable bonds is 3. The number of piperidine rings is 2. The lowest BCUT2D eigenvalue weighted by molar-refractivity contribution is 0.0610. The summed E-state index contributed by atoms with van der Waals surface area (Å²) in [5.41, 5.74) is 0.471. The van der Waals surface area contributed by atoms with Crippen molar-refractivity contribution in [3.8, 4) is 0 Å². The van der Waals surface area contributed by atoms with Crippen molar-refractivity contribution in [1.29, 1.82) is 0 Å². The van der Waals surface area contributed by atoms with Gasteiger partial charge >= 0.3 is 0 Å². The fourth-order valence-electron chi connectivity index (χ4n) is 3.56. The van der Waals surface area contributed by atoms with Crippen molar-refractivity contribution in [1.82, 2.24) is 10.2 Å². The summed E-state index contributed by atoms with van der Waals surface area (Å²) in [6.07, 6.45) is 7.03. The molecule has 17 heavy (non-hydrogen) atoms. The average molecular weight is 238 g/mol. The normalized spacial score (nSPS) is 32.6. The highest BCUT2D eigenvalue weighted by Gasteiger charge is 2.33. The van der Waals surface area contributed by atoms with Crippen molar-refractivity contribution >= 4 is 0 Å². The van der Waals surface area contributed by atoms with Crippen LogP contribution in [0.25, 0.3) is 0 Å². The van der Waals surface area contributed by atoms with Crippen LogP contribution in [0.2, 0.25) is 0 Å². The molecule has 0 aromatic rings. The quantitative estimate of drug-likeness (QED) is 0.813. The van der Waals surface area contributed by atoms with E-state index in [4.69, 9.17) is 0 Å². The van der Waals surface area contributed by atoms with Crippen molar-refractivity contribution in [2.45, 2.75) is 58.9 Å². The highest BCUT2D eigenvalue weighted by atomic mass is 15.2. The Hall–Kier alpha value is -0.0800. The monoisotopic (exact) mass is 238 g/mol. The molecule has 2 unspecified atom stereocenters. The Kier molecular flexibility index (Phi) is 4.48. The molecule has 100 valence electrons. The van der Waals surface area contributed by atoms with Gasteiger partial charge in [-0.2, -0.15) is 0 Å². The molecule has 0 amide bonds. The smallest absolute Gasteiger partial charge is 0.00671 e. The molecule has 0 aromatic carbocycles. The predicted molar refractivity (Wildman–Crippen MR) is 74.3 cm³/mol. The lowest BCUT2D eigenvalue weighted by atomic mass is 9.74. The minimum atomic E-state index is 0.471. The van der Waals surface area contributed by atoms with Gasteiger partial charge in [-0.25, -0.2) is 0 Å². The summed E-state index contributed by atoms with van der Waals surface area (Å²) in [5.74, 6) is 0.866. The van der Waals surface area contributed by atoms with Gasteiger partial charge in [0.25, 0.3) is 0 Å². The Morgan fingerprint density at radius 2 is 2.00 bits per heavy atom. The van der Waals surface area contributed by atoms with E-state index in [-0.39, 0.29) is 0 Å². The third kappa shape index (κ3) is 3.45. The lowest BCUT2D eigenvalue weighted by Gasteiger charge is -2.44. The van der Waals surface area contributed by atoms with E-state index in [1.165, 1.54) is 58.3 Å². The van der Waals surface area contributed by atoms with Crippen LogP contribution < -0.4 is 5.32 Å². The van der Waals surface area contributed by atoms with Crippen LogP contribution in [0.5, 0.6) is 0 Å². The lowest BCUT2D eigenvalue weighted by Crippen LogP contribution is -2.48. The number of hydrogen-bond acceptors (Lipinski definition) is 2. The first-order valence-corrected chi connectivity index (χ1v) is 7.54. The van der Waals surface area contributed by atoms with Gasteiger partial charge < -0.3 is 10.2 Å². The molecule has 2 nitrogen and oxygen atoms in total. The molecule has 2 rings (SSSR count). The molecule has 0 aliphatic carbocycles. The molecule has 2 fully saturated rings. The molecular formula is C15H30N2. The van der Waals surface area contributed by atoms with Crippen molar-refractivity contribution in [2.75, 3.05) is 26.2 Å². The molecular weight excluding hydrogens is 208 g/mol. The van der Waals surface area contributed by atoms with Gasteiger partial charge in [-0.15, -0.1) is 0 Å². The number of hydrogen-bond donors (Lipinski definition) is 1. The van der Waals surface area contributed by atoms with Gasteiger partial charge in [-0.05, 0) is 63.6 Å². The van der Waals surface area contributed by atoms with Crippen molar-refractivity contribution in [2.24, 2.45) is 11.3 Å². The molecule has 0 saturated carbocycles. The minimum Gasteiger partial charge on any atom is -0.316 e. The second-order valence-corrected chi connectivity index (χ2v) is 6.85. The third-order valence-corrected chi connectivity index (χ3v) is 4.95. The molecule has 2 heterocycles. The molecule has 0 radical (unpaired) electrons. The first-order valence-electron chi connectivity index (χ1n) is 7.54. The van der Waals surface area contributed by atoms with E-state index in [2.05, 4.69) is 31.0 Å². The van der Waals surface area contributed by atoms with Crippen molar-refractivity contribution in [3.05, 3.63) is 0 Å². The number of likely N-dealkylation sites (tertiary alicyclic amines) is 1. The van der Waals surface area contributed by atoms with Crippen LogP contribution in [-0.4, -0.2) is 37.1 Å². The standard InChI is InChI=1S/C15H30N2/c1-13-7-4-5-10-17(13)12-15(2,3)14-8-6-9-16-11-14/h13-14,16H,4-12H2,1-3H3. The average Bonchev–Trinajstić information content (AvgIpc) is 2.33. The van der Waals surface area contributed by atoms with Crippen LogP contribution in [0.15, 0.2) is 0 Å². The zero-order valence-electron chi connectivity index (χ0n) is 12.0. The first-order chi connectivity index (χ1) is 8.09. The molecule has 2 heteroatoms. The second-order valence-electron chi connectivity index (χ2n) is 6.85. The van der Waals surface area contributed by atoms with E-state index in [1.807, 2.05) is 0 Å². The second kappa shape index (κ2) is 5.71. The summed E-state index contributed by atoms with van der Waals surface area (Å²) in [4.78, 5) is 2.73. The van der Waals surface area contributed by atoms with Crippen LogP contribution in [0.4, 0.5) is 0 Å². The molecule has 0 bridgehead atoms. The molecule has 0 aromatic heterocycles. The highest BCUT2D eigenvalue weighted by Crippen LogP contribution is 2.34. The summed E-state index contributed by atoms with van der Waals surface area (Å²) >= 11 is 0. The molecule has 2 saturated heterocycles. The van der Waals surface area contributed by atoms with Crippen LogP contribution in [-0.2, 0) is 0 Å². The van der Waals surface area contributed by atoms with Crippen LogP contribution >= 0.6 is 0 Å². The molecule has 0 spiro atoms. The summed E-state index contributed by atoms with van der Waals surface area (Å²) < 4.78 is 0. The Morgan fingerprint density at radius 1 is 1.18 bits per heavy atom. The minimum absolute atomic E-state index is 0.471. The highest BCUT2D eigenvalue weighted by molar-refractivity contribution is 4.87. The van der Waals surface area contributed by atoms with Gasteiger partial charge in [0.15, 0.2) is 0 Å². The Labute approximate surface area is 107 Å². The Balaban J connectivity index is 1.90. The topological polar surface area (TPSA) is 15.3 Å². The molecule has 2 atom stereocenters. The van der Waals surface area contributed by atoms with Gasteiger partial charge in [0.2, 0.25) is 0 Å². The van der Waals surface area contributed by atoms with Crippen molar-refractivity contribution < 1.29 is 0 Å². The molecule has 1 N–H and O–H groups in total. The SMILES string of the molecule is CC1CCCCN1CC(C)(C)C1CCCNC1. The summed E-state index contributed by atoms with van der Waals surface area (Å²) in [6.45, 7) is 12.4. The zero-order chi connectivity index (χ0) is 12.3. The maximum absolute atomic E-state index is 3.57. The Bertz CT molecular complexity index is 231. The largest absolute Gasteiger partial charge is 0.316 e. The summed E-state index contributed by atoms with van der Waals surface area (Å²) in [6, 6.07) is 0.805. The van der Waals surface area contributed by atoms with Gasteiger partial charge in [0.1, 0.15) is 0 Å². The fraction of sp³-hybridized carbons (Fsp3) is 1.00. The van der Waals surface area contributed by atoms with Crippen molar-refractivity contribution in [3.63, 3.8) is 0 Å². The van der Waals surface area contributed by atoms with E-state index >= 15 is 0 Å². The third-order valence-electron chi connectivity index (χ3n) is 4.95. The van der Waals surface area contributed by atoms with E-state index in [0.29, 0.717) is 5.41 Å². The van der Waals surface area contributed by atoms with Gasteiger partial charge in [0.05, 0.1) is 0 Å². The number of nitrogens with zero attached hydrogens (tertiary/aromatic N) is 1. The predicted octanol–water partition coefficient (Wildman–Crippen LogP) is 2.89. The van der Waals surface area contributed by atoms with Gasteiger partial charge in [0, 0.05) is 12.6 Å². The molecule has 2 aliphatic rings. The summed E-state index contributed by atoms with van der Waals surface area (Å²) in [5, 5.41) is 3.57. The van der Waals surface area contributed by atoms with Gasteiger partial charge in [-0.1, -0.05) is 20.3 Å². The Morgan fingerprint density at radius 3 is 2.65 bits per heavy atom. The first kappa shape index (κ1) is 13.4. The van der Waals surface area contributed by atoms with E-state index in [1.54, 1.807) is 0 Å². The van der Waals surface area contributed by atoms with Crippen LogP contribution in [0, 0.1) is 11.3 Å². The maximum Gasteiger partial charge on any atom is 0.00671 e. The van der Waals surface area contributed by atoms with Crippen LogP contribution in [0.3, 0.4) is 0 Å². The number of nitrogens with one attached hydrogen (secondary N) is 1. The van der Waals surface area contributed by atoms with Gasteiger partial charge in [-0.3, -0.25) is 0 Å². The van der Waals surface area contributed by atoms with E-state index < -0.39 is 0 Å². The fourth-order valence-corrected chi connectivity index (χ4v) is 3.56. The maximum atomic E-state index is 3.57.